The summed E-state index contributed by atoms with van der Waals surface area (Å²) in [5, 5.41) is 13.6. The summed E-state index contributed by atoms with van der Waals surface area (Å²) in [6.07, 6.45) is 0.960. The number of para-hydroxylation sites is 1. The number of aryl methyl sites for hydroxylation is 1. The maximum absolute atomic E-state index is 12.7. The second-order valence-corrected chi connectivity index (χ2v) is 6.81. The molecule has 2 N–H and O–H groups in total. The first-order chi connectivity index (χ1) is 10.4. The van der Waals surface area contributed by atoms with Crippen molar-refractivity contribution in [2.24, 2.45) is 5.41 Å². The zero-order valence-corrected chi connectivity index (χ0v) is 13.9. The van der Waals surface area contributed by atoms with Crippen LogP contribution in [0.4, 0.5) is 0 Å². The number of fused-ring (bicyclic) bond motifs is 1. The average molecular weight is 302 g/mol. The van der Waals surface area contributed by atoms with Crippen LogP contribution in [0, 0.1) is 5.41 Å². The Morgan fingerprint density at radius 2 is 2.00 bits per heavy atom. The fourth-order valence-corrected chi connectivity index (χ4v) is 2.63. The summed E-state index contributed by atoms with van der Waals surface area (Å²) >= 11 is 0. The Morgan fingerprint density at radius 3 is 2.59 bits per heavy atom. The van der Waals surface area contributed by atoms with E-state index in [4.69, 9.17) is 0 Å². The molecule has 0 unspecified atom stereocenters. The molecule has 1 heterocycles. The topological polar surface area (TPSA) is 54.3 Å². The molecule has 0 saturated carbocycles. The van der Waals surface area contributed by atoms with Crippen LogP contribution in [0.3, 0.4) is 0 Å². The van der Waals surface area contributed by atoms with E-state index in [2.05, 4.69) is 16.8 Å². The maximum atomic E-state index is 12.7. The van der Waals surface area contributed by atoms with E-state index in [1.54, 1.807) is 0 Å². The molecule has 4 heteroatoms. The lowest BCUT2D eigenvalue weighted by molar-refractivity contribution is 0.0839. The van der Waals surface area contributed by atoms with Crippen LogP contribution in [0.2, 0.25) is 0 Å². The number of hydrogen-bond acceptors (Lipinski definition) is 2. The smallest absolute Gasteiger partial charge is 0.268 e. The van der Waals surface area contributed by atoms with E-state index < -0.39 is 0 Å². The van der Waals surface area contributed by atoms with Gasteiger partial charge in [0.25, 0.3) is 5.91 Å². The number of nitrogens with zero attached hydrogens (tertiary/aromatic N) is 1. The predicted octanol–water partition coefficient (Wildman–Crippen LogP) is 3.19. The van der Waals surface area contributed by atoms with Gasteiger partial charge in [0.15, 0.2) is 0 Å². The zero-order chi connectivity index (χ0) is 16.3. The average Bonchev–Trinajstić information content (AvgIpc) is 2.83. The maximum Gasteiger partial charge on any atom is 0.268 e. The number of rotatable bonds is 5. The van der Waals surface area contributed by atoms with Crippen molar-refractivity contribution in [1.29, 1.82) is 0 Å². The first-order valence-corrected chi connectivity index (χ1v) is 7.88. The Morgan fingerprint density at radius 1 is 1.32 bits per heavy atom. The molecule has 2 rings (SSSR count). The van der Waals surface area contributed by atoms with Crippen molar-refractivity contribution in [3.8, 4) is 0 Å². The molecule has 0 fully saturated rings. The molecule has 0 aliphatic carbocycles. The summed E-state index contributed by atoms with van der Waals surface area (Å²) in [6, 6.07) is 9.68. The minimum atomic E-state index is -0.270. The quantitative estimate of drug-likeness (QED) is 0.891. The van der Waals surface area contributed by atoms with E-state index in [1.165, 1.54) is 0 Å². The molecule has 0 radical (unpaired) electrons. The number of aromatic nitrogens is 1. The van der Waals surface area contributed by atoms with Gasteiger partial charge in [0.05, 0.1) is 12.6 Å². The van der Waals surface area contributed by atoms with Gasteiger partial charge in [-0.25, -0.2) is 0 Å². The fraction of sp³-hybridized carbons (Fsp3) is 0.500. The Kier molecular flexibility index (Phi) is 4.91. The van der Waals surface area contributed by atoms with Crippen LogP contribution in [-0.2, 0) is 6.54 Å². The number of benzene rings is 1. The third kappa shape index (κ3) is 3.33. The number of hydrogen-bond donors (Lipinski definition) is 2. The van der Waals surface area contributed by atoms with Gasteiger partial charge in [-0.1, -0.05) is 45.9 Å². The number of carbonyl (C=O) groups is 1. The van der Waals surface area contributed by atoms with Crippen molar-refractivity contribution in [3.63, 3.8) is 0 Å². The van der Waals surface area contributed by atoms with Crippen LogP contribution in [0.25, 0.3) is 10.9 Å². The molecule has 4 nitrogen and oxygen atoms in total. The SMILES string of the molecule is CCCn1c(C(=O)N[C@@H](CO)C(C)(C)C)cc2ccccc21. The highest BCUT2D eigenvalue weighted by atomic mass is 16.3. The largest absolute Gasteiger partial charge is 0.394 e. The first-order valence-electron chi connectivity index (χ1n) is 7.88. The molecule has 0 spiro atoms. The van der Waals surface area contributed by atoms with Crippen molar-refractivity contribution in [2.45, 2.75) is 46.7 Å². The highest BCUT2D eigenvalue weighted by Crippen LogP contribution is 2.22. The standard InChI is InChI=1S/C18H26N2O2/c1-5-10-20-14-9-7-6-8-13(14)11-15(20)17(22)19-16(12-21)18(2,3)4/h6-9,11,16,21H,5,10,12H2,1-4H3,(H,19,22)/t16-/m0/s1. The minimum absolute atomic E-state index is 0.0662. The van der Waals surface area contributed by atoms with Crippen LogP contribution < -0.4 is 5.32 Å². The fourth-order valence-electron chi connectivity index (χ4n) is 2.63. The Hall–Kier alpha value is -1.81. The lowest BCUT2D eigenvalue weighted by atomic mass is 9.87. The number of carbonyl (C=O) groups excluding carboxylic acids is 1. The van der Waals surface area contributed by atoms with Crippen LogP contribution in [-0.4, -0.2) is 28.2 Å². The molecule has 1 amide bonds. The molecule has 0 bridgehead atoms. The van der Waals surface area contributed by atoms with E-state index in [1.807, 2.05) is 51.1 Å². The summed E-state index contributed by atoms with van der Waals surface area (Å²) in [5.41, 5.74) is 1.54. The first kappa shape index (κ1) is 16.6. The van der Waals surface area contributed by atoms with Crippen LogP contribution >= 0.6 is 0 Å². The molecule has 1 aromatic heterocycles. The van der Waals surface area contributed by atoms with Gasteiger partial charge in [0.2, 0.25) is 0 Å². The number of aliphatic hydroxyl groups excluding tert-OH is 1. The van der Waals surface area contributed by atoms with E-state index in [-0.39, 0.29) is 24.0 Å². The number of amides is 1. The summed E-state index contributed by atoms with van der Waals surface area (Å²) < 4.78 is 2.06. The van der Waals surface area contributed by atoms with E-state index in [0.29, 0.717) is 5.69 Å². The number of aliphatic hydroxyl groups is 1. The number of nitrogens with one attached hydrogen (secondary N) is 1. The van der Waals surface area contributed by atoms with Crippen molar-refractivity contribution in [1.82, 2.24) is 9.88 Å². The van der Waals surface area contributed by atoms with Gasteiger partial charge in [-0.15, -0.1) is 0 Å². The van der Waals surface area contributed by atoms with Gasteiger partial charge in [0, 0.05) is 17.4 Å². The van der Waals surface area contributed by atoms with E-state index in [0.717, 1.165) is 23.9 Å². The molecule has 0 aliphatic heterocycles. The second kappa shape index (κ2) is 6.53. The Labute approximate surface area is 132 Å². The van der Waals surface area contributed by atoms with Crippen molar-refractivity contribution >= 4 is 16.8 Å². The van der Waals surface area contributed by atoms with Gasteiger partial charge in [-0.05, 0) is 24.0 Å². The zero-order valence-electron chi connectivity index (χ0n) is 13.9. The second-order valence-electron chi connectivity index (χ2n) is 6.81. The van der Waals surface area contributed by atoms with E-state index >= 15 is 0 Å². The molecule has 22 heavy (non-hydrogen) atoms. The van der Waals surface area contributed by atoms with Gasteiger partial charge >= 0.3 is 0 Å². The van der Waals surface area contributed by atoms with Crippen LogP contribution in [0.5, 0.6) is 0 Å². The minimum Gasteiger partial charge on any atom is -0.394 e. The van der Waals surface area contributed by atoms with Crippen molar-refractivity contribution in [2.75, 3.05) is 6.61 Å². The molecule has 120 valence electrons. The predicted molar refractivity (Wildman–Crippen MR) is 90.0 cm³/mol. The van der Waals surface area contributed by atoms with Crippen molar-refractivity contribution < 1.29 is 9.90 Å². The van der Waals surface area contributed by atoms with Gasteiger partial charge < -0.3 is 15.0 Å². The lowest BCUT2D eigenvalue weighted by Crippen LogP contribution is -2.46. The molecular weight excluding hydrogens is 276 g/mol. The third-order valence-corrected chi connectivity index (χ3v) is 4.02. The molecule has 0 saturated heterocycles. The van der Waals surface area contributed by atoms with Gasteiger partial charge in [-0.2, -0.15) is 0 Å². The summed E-state index contributed by atoms with van der Waals surface area (Å²) in [5.74, 6) is -0.126. The summed E-state index contributed by atoms with van der Waals surface area (Å²) in [7, 11) is 0. The molecule has 0 aliphatic rings. The van der Waals surface area contributed by atoms with Gasteiger partial charge in [0.1, 0.15) is 5.69 Å². The summed E-state index contributed by atoms with van der Waals surface area (Å²) in [6.45, 7) is 8.86. The Balaban J connectivity index is 2.37. The highest BCUT2D eigenvalue weighted by molar-refractivity contribution is 5.99. The lowest BCUT2D eigenvalue weighted by Gasteiger charge is -2.30. The summed E-state index contributed by atoms with van der Waals surface area (Å²) in [4.78, 5) is 12.7. The monoisotopic (exact) mass is 302 g/mol. The van der Waals surface area contributed by atoms with Gasteiger partial charge in [-0.3, -0.25) is 4.79 Å². The van der Waals surface area contributed by atoms with Crippen molar-refractivity contribution in [3.05, 3.63) is 36.0 Å². The van der Waals surface area contributed by atoms with Crippen LogP contribution in [0.15, 0.2) is 30.3 Å². The molecular formula is C18H26N2O2. The van der Waals surface area contributed by atoms with Crippen LogP contribution in [0.1, 0.15) is 44.6 Å². The normalized spacial score (nSPS) is 13.3. The highest BCUT2D eigenvalue weighted by Gasteiger charge is 2.27. The van der Waals surface area contributed by atoms with E-state index in [9.17, 15) is 9.90 Å². The third-order valence-electron chi connectivity index (χ3n) is 4.02. The Bertz CT molecular complexity index is 653. The molecule has 1 atom stereocenters. The molecule has 2 aromatic rings. The molecule has 1 aromatic carbocycles.